The molecule has 1 N–H and O–H groups in total. The van der Waals surface area contributed by atoms with Gasteiger partial charge in [0, 0.05) is 43.1 Å². The van der Waals surface area contributed by atoms with Crippen LogP contribution in [0.1, 0.15) is 22.4 Å². The van der Waals surface area contributed by atoms with Gasteiger partial charge in [0.05, 0.1) is 23.5 Å². The predicted octanol–water partition coefficient (Wildman–Crippen LogP) is 5.11. The Morgan fingerprint density at radius 3 is 2.68 bits per heavy atom. The molecular weight excluding hydrogens is 420 g/mol. The normalized spacial score (nSPS) is 18.0. The number of fused-ring (bicyclic) bond motifs is 4. The van der Waals surface area contributed by atoms with E-state index in [1.165, 1.54) is 22.3 Å². The number of benzene rings is 2. The van der Waals surface area contributed by atoms with Crippen molar-refractivity contribution in [1.82, 2.24) is 20.2 Å². The van der Waals surface area contributed by atoms with Crippen molar-refractivity contribution < 1.29 is 0 Å². The van der Waals surface area contributed by atoms with Gasteiger partial charge in [-0.25, -0.2) is 4.98 Å². The van der Waals surface area contributed by atoms with Gasteiger partial charge in [-0.1, -0.05) is 36.4 Å². The van der Waals surface area contributed by atoms with Gasteiger partial charge in [-0.15, -0.1) is 0 Å². The maximum atomic E-state index is 4.69. The van der Waals surface area contributed by atoms with Crippen molar-refractivity contribution in [3.05, 3.63) is 120 Å². The van der Waals surface area contributed by atoms with Crippen LogP contribution in [-0.2, 0) is 5.41 Å². The second kappa shape index (κ2) is 7.02. The molecule has 6 nitrogen and oxygen atoms in total. The smallest absolute Gasteiger partial charge is 0.158 e. The average molecular weight is 443 g/mol. The Labute approximate surface area is 197 Å². The Morgan fingerprint density at radius 1 is 0.853 bits per heavy atom. The Hall–Kier alpha value is -4.45. The number of nitrogens with one attached hydrogen (secondary N) is 1. The minimum absolute atomic E-state index is 0.514. The summed E-state index contributed by atoms with van der Waals surface area (Å²) in [5.74, 6) is 0.981. The first-order valence-corrected chi connectivity index (χ1v) is 11.4. The zero-order valence-electron chi connectivity index (χ0n) is 18.7. The van der Waals surface area contributed by atoms with Crippen molar-refractivity contribution in [2.24, 2.45) is 0 Å². The van der Waals surface area contributed by atoms with Gasteiger partial charge >= 0.3 is 0 Å². The maximum absolute atomic E-state index is 4.69. The standard InChI is InChI=1S/C28H22N6/c1-33-18-34(27-25(33)10-5-13-30-27)20-7-4-6-19(16-20)28(26-12-15-31-32-26)23-9-3-2-8-21(23)22-17-29-14-11-24(22)28/h2-17H,18H2,1H3,(H,31,32). The molecular formula is C28H22N6. The summed E-state index contributed by atoms with van der Waals surface area (Å²) in [6, 6.07) is 25.8. The molecule has 0 saturated carbocycles. The van der Waals surface area contributed by atoms with Crippen LogP contribution < -0.4 is 9.80 Å². The lowest BCUT2D eigenvalue weighted by Crippen LogP contribution is -2.30. The molecule has 2 aliphatic rings. The van der Waals surface area contributed by atoms with Crippen molar-refractivity contribution in [2.75, 3.05) is 23.5 Å². The quantitative estimate of drug-likeness (QED) is 0.413. The fourth-order valence-electron chi connectivity index (χ4n) is 5.71. The molecule has 1 atom stereocenters. The summed E-state index contributed by atoms with van der Waals surface area (Å²) in [6.07, 6.45) is 7.55. The molecule has 1 unspecified atom stereocenters. The van der Waals surface area contributed by atoms with Gasteiger partial charge in [0.2, 0.25) is 0 Å². The Bertz CT molecular complexity index is 1480. The molecule has 4 heterocycles. The first-order chi connectivity index (χ1) is 16.8. The van der Waals surface area contributed by atoms with Gasteiger partial charge in [0.1, 0.15) is 0 Å². The summed E-state index contributed by atoms with van der Waals surface area (Å²) >= 11 is 0. The summed E-state index contributed by atoms with van der Waals surface area (Å²) in [6.45, 7) is 0.754. The number of hydrogen-bond donors (Lipinski definition) is 1. The van der Waals surface area contributed by atoms with Crippen molar-refractivity contribution >= 4 is 17.2 Å². The SMILES string of the molecule is CN1CN(c2cccc(C3(c4ccn[nH]4)c4ccccc4-c4cnccc43)c2)c2ncccc21. The van der Waals surface area contributed by atoms with Crippen LogP contribution in [-0.4, -0.2) is 33.9 Å². The largest absolute Gasteiger partial charge is 0.354 e. The minimum atomic E-state index is -0.514. The first-order valence-electron chi connectivity index (χ1n) is 11.4. The van der Waals surface area contributed by atoms with Crippen molar-refractivity contribution in [3.63, 3.8) is 0 Å². The molecule has 0 saturated heterocycles. The van der Waals surface area contributed by atoms with Gasteiger partial charge in [0.15, 0.2) is 5.82 Å². The fraction of sp³-hybridized carbons (Fsp3) is 0.107. The van der Waals surface area contributed by atoms with E-state index in [4.69, 9.17) is 4.98 Å². The number of aromatic amines is 1. The van der Waals surface area contributed by atoms with Gasteiger partial charge in [-0.3, -0.25) is 10.1 Å². The zero-order chi connectivity index (χ0) is 22.7. The van der Waals surface area contributed by atoms with E-state index >= 15 is 0 Å². The van der Waals surface area contributed by atoms with Crippen LogP contribution in [0.3, 0.4) is 0 Å². The average Bonchev–Trinajstić information content (AvgIpc) is 3.61. The summed E-state index contributed by atoms with van der Waals surface area (Å²) < 4.78 is 0. The molecule has 0 radical (unpaired) electrons. The van der Waals surface area contributed by atoms with E-state index in [1.54, 1.807) is 0 Å². The lowest BCUT2D eigenvalue weighted by molar-refractivity contribution is 0.726. The minimum Gasteiger partial charge on any atom is -0.354 e. The third-order valence-electron chi connectivity index (χ3n) is 7.13. The summed E-state index contributed by atoms with van der Waals surface area (Å²) in [4.78, 5) is 13.7. The first kappa shape index (κ1) is 19.1. The summed E-state index contributed by atoms with van der Waals surface area (Å²) in [7, 11) is 2.10. The molecule has 1 aliphatic carbocycles. The van der Waals surface area contributed by atoms with Crippen LogP contribution in [0.25, 0.3) is 11.1 Å². The molecule has 0 amide bonds. The number of hydrogen-bond acceptors (Lipinski definition) is 5. The van der Waals surface area contributed by atoms with Crippen molar-refractivity contribution in [3.8, 4) is 11.1 Å². The molecule has 2 aromatic carbocycles. The second-order valence-electron chi connectivity index (χ2n) is 8.85. The Morgan fingerprint density at radius 2 is 1.76 bits per heavy atom. The molecule has 6 heteroatoms. The van der Waals surface area contributed by atoms with Gasteiger partial charge in [-0.2, -0.15) is 5.10 Å². The highest BCUT2D eigenvalue weighted by Crippen LogP contribution is 2.55. The lowest BCUT2D eigenvalue weighted by Gasteiger charge is -2.32. The van der Waals surface area contributed by atoms with E-state index in [2.05, 4.69) is 98.8 Å². The fourth-order valence-corrected chi connectivity index (χ4v) is 5.71. The summed E-state index contributed by atoms with van der Waals surface area (Å²) in [5, 5.41) is 7.66. The van der Waals surface area contributed by atoms with Crippen LogP contribution in [0.2, 0.25) is 0 Å². The third-order valence-corrected chi connectivity index (χ3v) is 7.13. The van der Waals surface area contributed by atoms with Crippen LogP contribution >= 0.6 is 0 Å². The monoisotopic (exact) mass is 442 g/mol. The van der Waals surface area contributed by atoms with Crippen LogP contribution in [0, 0.1) is 0 Å². The van der Waals surface area contributed by atoms with Gasteiger partial charge in [-0.05, 0) is 58.7 Å². The lowest BCUT2D eigenvalue weighted by atomic mass is 9.70. The van der Waals surface area contributed by atoms with E-state index in [-0.39, 0.29) is 0 Å². The number of rotatable bonds is 3. The van der Waals surface area contributed by atoms with E-state index in [1.807, 2.05) is 30.9 Å². The molecule has 5 aromatic rings. The van der Waals surface area contributed by atoms with E-state index in [0.717, 1.165) is 35.1 Å². The topological polar surface area (TPSA) is 60.9 Å². The number of aromatic nitrogens is 4. The zero-order valence-corrected chi connectivity index (χ0v) is 18.7. The second-order valence-corrected chi connectivity index (χ2v) is 8.85. The molecule has 7 rings (SSSR count). The van der Waals surface area contributed by atoms with Gasteiger partial charge in [0.25, 0.3) is 0 Å². The number of H-pyrrole nitrogens is 1. The van der Waals surface area contributed by atoms with E-state index in [0.29, 0.717) is 0 Å². The molecule has 0 fully saturated rings. The van der Waals surface area contributed by atoms with E-state index in [9.17, 15) is 0 Å². The molecule has 0 spiro atoms. The molecule has 0 bridgehead atoms. The summed E-state index contributed by atoms with van der Waals surface area (Å²) in [5.41, 5.74) is 8.76. The maximum Gasteiger partial charge on any atom is 0.158 e. The van der Waals surface area contributed by atoms with Gasteiger partial charge < -0.3 is 9.80 Å². The number of anilines is 3. The van der Waals surface area contributed by atoms with Crippen LogP contribution in [0.15, 0.2) is 97.6 Å². The van der Waals surface area contributed by atoms with Crippen molar-refractivity contribution in [1.29, 1.82) is 0 Å². The van der Waals surface area contributed by atoms with E-state index < -0.39 is 5.41 Å². The van der Waals surface area contributed by atoms with Crippen molar-refractivity contribution in [2.45, 2.75) is 5.41 Å². The highest BCUT2D eigenvalue weighted by atomic mass is 15.4. The Kier molecular flexibility index (Phi) is 3.94. The van der Waals surface area contributed by atoms with Crippen LogP contribution in [0.4, 0.5) is 17.2 Å². The number of pyridine rings is 2. The highest BCUT2D eigenvalue weighted by molar-refractivity contribution is 5.86. The number of nitrogens with zero attached hydrogens (tertiary/aromatic N) is 5. The molecule has 1 aliphatic heterocycles. The predicted molar refractivity (Wildman–Crippen MR) is 133 cm³/mol. The molecule has 3 aromatic heterocycles. The molecule has 34 heavy (non-hydrogen) atoms. The van der Waals surface area contributed by atoms with Crippen LogP contribution in [0.5, 0.6) is 0 Å². The molecule has 164 valence electrons. The third kappa shape index (κ3) is 2.42. The highest BCUT2D eigenvalue weighted by Gasteiger charge is 2.47. The Balaban J connectivity index is 1.50.